The summed E-state index contributed by atoms with van der Waals surface area (Å²) < 4.78 is 48.6. The molecule has 0 radical (unpaired) electrons. The summed E-state index contributed by atoms with van der Waals surface area (Å²) in [4.78, 5) is 26.0. The zero-order valence-corrected chi connectivity index (χ0v) is 22.9. The molecule has 0 saturated heterocycles. The molecule has 0 spiro atoms. The zero-order chi connectivity index (χ0) is 29.5. The number of hydrogen-bond donors (Lipinski definition) is 0. The molecule has 0 aliphatic rings. The molecule has 5 aromatic rings. The molecule has 5 rings (SSSR count). The van der Waals surface area contributed by atoms with Crippen LogP contribution in [0.15, 0.2) is 59.7 Å². The molecule has 4 heterocycles. The Kier molecular flexibility index (Phi) is 7.28. The molecule has 0 unspecified atom stereocenters. The minimum atomic E-state index is -4.78. The maximum Gasteiger partial charge on any atom is 0.421 e. The molecule has 41 heavy (non-hydrogen) atoms. The van der Waals surface area contributed by atoms with Crippen LogP contribution in [0.5, 0.6) is 5.75 Å². The van der Waals surface area contributed by atoms with E-state index >= 15 is 0 Å². The van der Waals surface area contributed by atoms with Crippen molar-refractivity contribution in [3.8, 4) is 23.2 Å². The first-order valence-corrected chi connectivity index (χ1v) is 12.7. The average molecular weight is 579 g/mol. The summed E-state index contributed by atoms with van der Waals surface area (Å²) >= 11 is 6.53. The highest BCUT2D eigenvalue weighted by Crippen LogP contribution is 2.32. The normalized spacial score (nSPS) is 11.6. The summed E-state index contributed by atoms with van der Waals surface area (Å²) in [6.07, 6.45) is -2.01. The van der Waals surface area contributed by atoms with Crippen molar-refractivity contribution in [3.05, 3.63) is 104 Å². The van der Waals surface area contributed by atoms with Gasteiger partial charge in [0.1, 0.15) is 35.5 Å². The monoisotopic (exact) mass is 578 g/mol. The second-order valence-electron chi connectivity index (χ2n) is 9.44. The fourth-order valence-electron chi connectivity index (χ4n) is 4.57. The quantitative estimate of drug-likeness (QED) is 0.246. The van der Waals surface area contributed by atoms with Crippen molar-refractivity contribution in [2.45, 2.75) is 33.2 Å². The van der Waals surface area contributed by atoms with E-state index in [1.165, 1.54) is 18.5 Å². The summed E-state index contributed by atoms with van der Waals surface area (Å²) in [7, 11) is 1.76. The van der Waals surface area contributed by atoms with Crippen molar-refractivity contribution in [1.82, 2.24) is 24.1 Å². The summed E-state index contributed by atoms with van der Waals surface area (Å²) in [5, 5.41) is 10.4. The van der Waals surface area contributed by atoms with Crippen LogP contribution in [0.3, 0.4) is 0 Å². The van der Waals surface area contributed by atoms with Crippen molar-refractivity contribution >= 4 is 22.5 Å². The minimum Gasteiger partial charge on any atom is -0.489 e. The van der Waals surface area contributed by atoms with Gasteiger partial charge in [0.15, 0.2) is 0 Å². The number of nitrogens with zero attached hydrogens (tertiary/aromatic N) is 6. The van der Waals surface area contributed by atoms with E-state index in [0.717, 1.165) is 27.3 Å². The van der Waals surface area contributed by atoms with Gasteiger partial charge in [-0.15, -0.1) is 0 Å². The van der Waals surface area contributed by atoms with E-state index in [4.69, 9.17) is 16.3 Å². The summed E-state index contributed by atoms with van der Waals surface area (Å²) in [5.74, 6) is 1.06. The smallest absolute Gasteiger partial charge is 0.421 e. The summed E-state index contributed by atoms with van der Waals surface area (Å²) in [5.41, 5.74) is 1.50. The average Bonchev–Trinajstić information content (AvgIpc) is 3.28. The van der Waals surface area contributed by atoms with E-state index in [9.17, 15) is 23.2 Å². The highest BCUT2D eigenvalue weighted by atomic mass is 35.5. The lowest BCUT2D eigenvalue weighted by atomic mass is 10.1. The number of hydrogen-bond acceptors (Lipinski definition) is 6. The van der Waals surface area contributed by atoms with Crippen LogP contribution < -0.4 is 10.3 Å². The van der Waals surface area contributed by atoms with Gasteiger partial charge in [-0.25, -0.2) is 4.98 Å². The van der Waals surface area contributed by atoms with Crippen LogP contribution in [0.25, 0.3) is 22.3 Å². The number of pyridine rings is 3. The number of aryl methyl sites for hydroxylation is 2. The number of halogens is 4. The largest absolute Gasteiger partial charge is 0.489 e. The lowest BCUT2D eigenvalue weighted by Gasteiger charge is -2.16. The van der Waals surface area contributed by atoms with Crippen molar-refractivity contribution in [1.29, 1.82) is 5.26 Å². The van der Waals surface area contributed by atoms with Crippen molar-refractivity contribution in [3.63, 3.8) is 0 Å². The number of aromatic nitrogens is 5. The molecule has 8 nitrogen and oxygen atoms in total. The summed E-state index contributed by atoms with van der Waals surface area (Å²) in [6, 6.07) is 12.9. The van der Waals surface area contributed by atoms with Crippen LogP contribution in [0, 0.1) is 25.2 Å². The van der Waals surface area contributed by atoms with E-state index in [2.05, 4.69) is 21.0 Å². The lowest BCUT2D eigenvalue weighted by Crippen LogP contribution is -2.29. The van der Waals surface area contributed by atoms with Gasteiger partial charge in [-0.2, -0.15) is 18.4 Å². The van der Waals surface area contributed by atoms with Gasteiger partial charge >= 0.3 is 6.18 Å². The van der Waals surface area contributed by atoms with Crippen molar-refractivity contribution < 1.29 is 17.9 Å². The number of imidazole rings is 1. The van der Waals surface area contributed by atoms with Crippen LogP contribution in [0.1, 0.15) is 33.9 Å². The van der Waals surface area contributed by atoms with Gasteiger partial charge < -0.3 is 13.9 Å². The van der Waals surface area contributed by atoms with Gasteiger partial charge in [0.2, 0.25) is 0 Å². The standard InChI is InChI=1S/C29H22ClF3N6O2/c1-16-9-21(27-35-13-18(12-34)38(27)3)20-11-19(6-7-25(20)36-16)41-15-22-24(30)10-17(2)37-26(22)14-39-8-4-5-23(28(39)40)29(31,32)33/h4-11,13H,14-15H2,1-3H3. The van der Waals surface area contributed by atoms with Crippen LogP contribution in [0.4, 0.5) is 13.2 Å². The van der Waals surface area contributed by atoms with E-state index in [1.54, 1.807) is 42.8 Å². The van der Waals surface area contributed by atoms with E-state index in [-0.39, 0.29) is 13.2 Å². The predicted octanol–water partition coefficient (Wildman–Crippen LogP) is 5.98. The SMILES string of the molecule is Cc1cc(Cl)c(COc2ccc3nc(C)cc(-c4ncc(C#N)n4C)c3c2)c(Cn2cccc(C(F)(F)F)c2=O)n1. The molecule has 0 atom stereocenters. The van der Waals surface area contributed by atoms with Crippen molar-refractivity contribution in [2.24, 2.45) is 7.05 Å². The Morgan fingerprint density at radius 3 is 2.56 bits per heavy atom. The molecule has 0 amide bonds. The van der Waals surface area contributed by atoms with Crippen molar-refractivity contribution in [2.75, 3.05) is 0 Å². The Morgan fingerprint density at radius 2 is 1.85 bits per heavy atom. The fraction of sp³-hybridized carbons (Fsp3) is 0.207. The Bertz CT molecular complexity index is 1910. The third-order valence-electron chi connectivity index (χ3n) is 6.56. The first kappa shape index (κ1) is 27.9. The molecule has 0 saturated carbocycles. The first-order valence-electron chi connectivity index (χ1n) is 12.3. The molecular formula is C29H22ClF3N6O2. The maximum atomic E-state index is 13.3. The molecule has 12 heteroatoms. The molecule has 4 aromatic heterocycles. The highest BCUT2D eigenvalue weighted by Gasteiger charge is 2.34. The molecular weight excluding hydrogens is 557 g/mol. The maximum absolute atomic E-state index is 13.3. The van der Waals surface area contributed by atoms with E-state index < -0.39 is 17.3 Å². The molecule has 208 valence electrons. The minimum absolute atomic E-state index is 0.0593. The van der Waals surface area contributed by atoms with E-state index in [0.29, 0.717) is 44.8 Å². The third-order valence-corrected chi connectivity index (χ3v) is 6.90. The van der Waals surface area contributed by atoms with Gasteiger partial charge in [-0.3, -0.25) is 14.8 Å². The molecule has 0 fully saturated rings. The number of ether oxygens (including phenoxy) is 1. The number of rotatable bonds is 6. The molecule has 0 aliphatic heterocycles. The first-order chi connectivity index (χ1) is 19.5. The molecule has 0 bridgehead atoms. The number of alkyl halides is 3. The summed E-state index contributed by atoms with van der Waals surface area (Å²) in [6.45, 7) is 3.28. The zero-order valence-electron chi connectivity index (χ0n) is 22.1. The molecule has 0 N–H and O–H groups in total. The second kappa shape index (κ2) is 10.7. The Morgan fingerprint density at radius 1 is 1.10 bits per heavy atom. The van der Waals surface area contributed by atoms with Gasteiger partial charge in [-0.05, 0) is 56.3 Å². The topological polar surface area (TPSA) is 98.6 Å². The Labute approximate surface area is 237 Å². The van der Waals surface area contributed by atoms with Crippen LogP contribution in [0.2, 0.25) is 5.02 Å². The molecule has 1 aromatic carbocycles. The highest BCUT2D eigenvalue weighted by molar-refractivity contribution is 6.31. The number of nitriles is 1. The molecule has 0 aliphatic carbocycles. The van der Waals surface area contributed by atoms with Gasteiger partial charge in [0, 0.05) is 41.1 Å². The Hall–Kier alpha value is -4.69. The number of fused-ring (bicyclic) bond motifs is 1. The van der Waals surface area contributed by atoms with Gasteiger partial charge in [-0.1, -0.05) is 11.6 Å². The fourth-order valence-corrected chi connectivity index (χ4v) is 4.90. The lowest BCUT2D eigenvalue weighted by molar-refractivity contribution is -0.138. The third kappa shape index (κ3) is 5.51. The van der Waals surface area contributed by atoms with Crippen LogP contribution in [-0.2, 0) is 26.4 Å². The second-order valence-corrected chi connectivity index (χ2v) is 9.85. The van der Waals surface area contributed by atoms with Gasteiger partial charge in [0.25, 0.3) is 5.56 Å². The number of benzene rings is 1. The van der Waals surface area contributed by atoms with Crippen LogP contribution in [-0.4, -0.2) is 24.1 Å². The van der Waals surface area contributed by atoms with E-state index in [1.807, 2.05) is 13.0 Å². The van der Waals surface area contributed by atoms with Crippen LogP contribution >= 0.6 is 11.6 Å². The Balaban J connectivity index is 1.50. The van der Waals surface area contributed by atoms with Gasteiger partial charge in [0.05, 0.1) is 29.0 Å². The predicted molar refractivity (Wildman–Crippen MR) is 147 cm³/mol.